The highest BCUT2D eigenvalue weighted by atomic mass is 16.5. The third kappa shape index (κ3) is 3.53. The maximum Gasteiger partial charge on any atom is 0.315 e. The van der Waals surface area contributed by atoms with Crippen LogP contribution >= 0.6 is 0 Å². The number of likely N-dealkylation sites (tertiary alicyclic amines) is 1. The van der Waals surface area contributed by atoms with Crippen LogP contribution < -0.4 is 10.6 Å². The molecule has 1 aliphatic heterocycles. The zero-order valence-corrected chi connectivity index (χ0v) is 15.6. The highest BCUT2D eigenvalue weighted by Crippen LogP contribution is 2.50. The molecule has 0 bridgehead atoms. The van der Waals surface area contributed by atoms with E-state index in [2.05, 4.69) is 20.8 Å². The fraction of sp³-hybridized carbons (Fsp3) is 0.765. The van der Waals surface area contributed by atoms with E-state index in [9.17, 15) is 9.59 Å². The summed E-state index contributed by atoms with van der Waals surface area (Å²) in [7, 11) is 1.51. The van der Waals surface area contributed by atoms with E-state index in [1.165, 1.54) is 7.11 Å². The molecule has 9 heteroatoms. The first-order valence-electron chi connectivity index (χ1n) is 9.10. The summed E-state index contributed by atoms with van der Waals surface area (Å²) < 4.78 is 10.5. The standard InChI is InChI=1S/C17H27N5O4/c1-4-5-18-16(24)20-13-6-12-8-22(14(23)9-25-3)10-17(12,7-13)15-19-11(2)21-26-15/h12-13H,4-10H2,1-3H3,(H2,18,20,24)/t12?,13-,17+/m1/s1. The molecule has 9 nitrogen and oxygen atoms in total. The van der Waals surface area contributed by atoms with E-state index >= 15 is 0 Å². The average Bonchev–Trinajstić information content (AvgIpc) is 3.25. The first-order valence-corrected chi connectivity index (χ1v) is 9.10. The molecule has 2 aliphatic rings. The normalized spacial score (nSPS) is 27.4. The summed E-state index contributed by atoms with van der Waals surface area (Å²) in [5, 5.41) is 9.82. The Kier molecular flexibility index (Phi) is 5.45. The van der Waals surface area contributed by atoms with Gasteiger partial charge in [0.25, 0.3) is 0 Å². The molecular formula is C17H27N5O4. The van der Waals surface area contributed by atoms with Crippen LogP contribution in [-0.2, 0) is 14.9 Å². The second-order valence-electron chi connectivity index (χ2n) is 7.24. The number of rotatable bonds is 6. The number of amides is 3. The van der Waals surface area contributed by atoms with Gasteiger partial charge in [-0.2, -0.15) is 4.98 Å². The smallest absolute Gasteiger partial charge is 0.315 e. The van der Waals surface area contributed by atoms with Crippen LogP contribution in [-0.4, -0.2) is 66.4 Å². The summed E-state index contributed by atoms with van der Waals surface area (Å²) in [4.78, 5) is 30.6. The number of hydrogen-bond donors (Lipinski definition) is 2. The number of fused-ring (bicyclic) bond motifs is 1. The van der Waals surface area contributed by atoms with E-state index < -0.39 is 5.41 Å². The van der Waals surface area contributed by atoms with Crippen LogP contribution in [0.15, 0.2) is 4.52 Å². The van der Waals surface area contributed by atoms with E-state index in [1.807, 2.05) is 6.92 Å². The number of nitrogens with one attached hydrogen (secondary N) is 2. The Bertz CT molecular complexity index is 663. The minimum atomic E-state index is -0.409. The maximum atomic E-state index is 12.3. The Balaban J connectivity index is 1.75. The molecule has 1 saturated heterocycles. The number of ether oxygens (including phenoxy) is 1. The van der Waals surface area contributed by atoms with Crippen molar-refractivity contribution in [3.8, 4) is 0 Å². The van der Waals surface area contributed by atoms with Crippen molar-refractivity contribution >= 4 is 11.9 Å². The van der Waals surface area contributed by atoms with Crippen molar-refractivity contribution < 1.29 is 18.8 Å². The molecule has 2 fully saturated rings. The maximum absolute atomic E-state index is 12.3. The number of carbonyl (C=O) groups is 2. The first kappa shape index (κ1) is 18.6. The van der Waals surface area contributed by atoms with Gasteiger partial charge in [0.1, 0.15) is 6.61 Å². The Morgan fingerprint density at radius 3 is 2.92 bits per heavy atom. The number of methoxy groups -OCH3 is 1. The molecule has 3 rings (SSSR count). The monoisotopic (exact) mass is 365 g/mol. The second kappa shape index (κ2) is 7.61. The largest absolute Gasteiger partial charge is 0.375 e. The molecular weight excluding hydrogens is 338 g/mol. The number of carbonyl (C=O) groups excluding carboxylic acids is 2. The van der Waals surface area contributed by atoms with Crippen LogP contribution in [0.3, 0.4) is 0 Å². The molecule has 2 heterocycles. The van der Waals surface area contributed by atoms with Gasteiger partial charge in [-0.3, -0.25) is 4.79 Å². The average molecular weight is 365 g/mol. The van der Waals surface area contributed by atoms with Crippen molar-refractivity contribution in [1.29, 1.82) is 0 Å². The number of aryl methyl sites for hydroxylation is 1. The molecule has 3 atom stereocenters. The molecule has 144 valence electrons. The van der Waals surface area contributed by atoms with Gasteiger partial charge in [-0.15, -0.1) is 0 Å². The second-order valence-corrected chi connectivity index (χ2v) is 7.24. The van der Waals surface area contributed by atoms with Crippen molar-refractivity contribution in [3.63, 3.8) is 0 Å². The molecule has 0 aromatic carbocycles. The highest BCUT2D eigenvalue weighted by molar-refractivity contribution is 5.78. The number of hydrogen-bond acceptors (Lipinski definition) is 6. The van der Waals surface area contributed by atoms with Crippen LogP contribution in [0.25, 0.3) is 0 Å². The lowest BCUT2D eigenvalue weighted by Crippen LogP contribution is -2.43. The Morgan fingerprint density at radius 2 is 2.27 bits per heavy atom. The van der Waals surface area contributed by atoms with E-state index in [0.29, 0.717) is 37.8 Å². The molecule has 26 heavy (non-hydrogen) atoms. The van der Waals surface area contributed by atoms with Crippen molar-refractivity contribution in [2.75, 3.05) is 33.4 Å². The van der Waals surface area contributed by atoms with E-state index in [0.717, 1.165) is 12.8 Å². The lowest BCUT2D eigenvalue weighted by Gasteiger charge is -2.25. The third-order valence-corrected chi connectivity index (χ3v) is 5.32. The van der Waals surface area contributed by atoms with Crippen LogP contribution in [0.4, 0.5) is 4.79 Å². The third-order valence-electron chi connectivity index (χ3n) is 5.32. The van der Waals surface area contributed by atoms with Crippen LogP contribution in [0.1, 0.15) is 37.9 Å². The van der Waals surface area contributed by atoms with Crippen molar-refractivity contribution in [2.45, 2.75) is 44.6 Å². The number of nitrogens with zero attached hydrogens (tertiary/aromatic N) is 3. The molecule has 1 aliphatic carbocycles. The molecule has 1 saturated carbocycles. The molecule has 0 spiro atoms. The SMILES string of the molecule is CCCNC(=O)N[C@@H]1CC2CN(C(=O)COC)C[C@@]2(c2nc(C)no2)C1. The van der Waals surface area contributed by atoms with E-state index in [1.54, 1.807) is 11.8 Å². The van der Waals surface area contributed by atoms with Gasteiger partial charge >= 0.3 is 6.03 Å². The summed E-state index contributed by atoms with van der Waals surface area (Å²) in [6.07, 6.45) is 2.34. The van der Waals surface area contributed by atoms with Crippen LogP contribution in [0, 0.1) is 12.8 Å². The first-order chi connectivity index (χ1) is 12.5. The van der Waals surface area contributed by atoms with Crippen molar-refractivity contribution in [3.05, 3.63) is 11.7 Å². The van der Waals surface area contributed by atoms with Gasteiger partial charge in [0.15, 0.2) is 5.82 Å². The fourth-order valence-electron chi connectivity index (χ4n) is 4.19. The lowest BCUT2D eigenvalue weighted by molar-refractivity contribution is -0.134. The molecule has 1 aromatic heterocycles. The van der Waals surface area contributed by atoms with Crippen LogP contribution in [0.5, 0.6) is 0 Å². The summed E-state index contributed by atoms with van der Waals surface area (Å²) >= 11 is 0. The van der Waals surface area contributed by atoms with Gasteiger partial charge in [-0.05, 0) is 32.1 Å². The zero-order chi connectivity index (χ0) is 18.7. The fourth-order valence-corrected chi connectivity index (χ4v) is 4.19. The molecule has 1 unspecified atom stereocenters. The van der Waals surface area contributed by atoms with E-state index in [-0.39, 0.29) is 30.5 Å². The van der Waals surface area contributed by atoms with E-state index in [4.69, 9.17) is 9.26 Å². The Labute approximate surface area is 152 Å². The molecule has 2 N–H and O–H groups in total. The molecule has 0 radical (unpaired) electrons. The molecule has 1 aromatic rings. The van der Waals surface area contributed by atoms with Crippen molar-refractivity contribution in [1.82, 2.24) is 25.7 Å². The summed E-state index contributed by atoms with van der Waals surface area (Å²) in [6, 6.07) is -0.135. The van der Waals surface area contributed by atoms with Gasteiger partial charge < -0.3 is 24.8 Å². The topological polar surface area (TPSA) is 110 Å². The van der Waals surface area contributed by atoms with Gasteiger partial charge in [0.05, 0.1) is 5.41 Å². The Morgan fingerprint density at radius 1 is 1.46 bits per heavy atom. The lowest BCUT2D eigenvalue weighted by atomic mass is 9.80. The summed E-state index contributed by atoms with van der Waals surface area (Å²) in [5.41, 5.74) is -0.409. The van der Waals surface area contributed by atoms with Gasteiger partial charge in [-0.1, -0.05) is 12.1 Å². The number of aromatic nitrogens is 2. The van der Waals surface area contributed by atoms with Gasteiger partial charge in [-0.25, -0.2) is 4.79 Å². The molecule has 3 amide bonds. The van der Waals surface area contributed by atoms with Crippen LogP contribution in [0.2, 0.25) is 0 Å². The van der Waals surface area contributed by atoms with Crippen molar-refractivity contribution in [2.24, 2.45) is 5.92 Å². The summed E-state index contributed by atoms with van der Waals surface area (Å²) in [6.45, 7) is 5.62. The minimum absolute atomic E-state index is 0.0174. The minimum Gasteiger partial charge on any atom is -0.375 e. The predicted octanol–water partition coefficient (Wildman–Crippen LogP) is 0.592. The van der Waals surface area contributed by atoms with Gasteiger partial charge in [0.2, 0.25) is 11.8 Å². The zero-order valence-electron chi connectivity index (χ0n) is 15.6. The predicted molar refractivity (Wildman–Crippen MR) is 92.5 cm³/mol. The summed E-state index contributed by atoms with van der Waals surface area (Å²) in [5.74, 6) is 1.26. The number of urea groups is 1. The highest BCUT2D eigenvalue weighted by Gasteiger charge is 2.58. The quantitative estimate of drug-likeness (QED) is 0.764. The Hall–Kier alpha value is -2.16. The van der Waals surface area contributed by atoms with Gasteiger partial charge in [0, 0.05) is 32.8 Å².